The van der Waals surface area contributed by atoms with Crippen molar-refractivity contribution in [2.45, 2.75) is 45.2 Å². The Morgan fingerprint density at radius 2 is 2.31 bits per heavy atom. The van der Waals surface area contributed by atoms with Crippen molar-refractivity contribution in [2.24, 2.45) is 5.73 Å². The third-order valence-corrected chi connectivity index (χ3v) is 2.44. The van der Waals surface area contributed by atoms with Crippen molar-refractivity contribution in [1.29, 1.82) is 0 Å². The van der Waals surface area contributed by atoms with Gasteiger partial charge in [0.1, 0.15) is 5.82 Å². The SMILES string of the molecule is CC(C)c1nc2n(n1)CCC(N)C2. The Kier molecular flexibility index (Phi) is 2.07. The third-order valence-electron chi connectivity index (χ3n) is 2.44. The van der Waals surface area contributed by atoms with Crippen molar-refractivity contribution in [3.63, 3.8) is 0 Å². The second-order valence-corrected chi connectivity index (χ2v) is 4.02. The van der Waals surface area contributed by atoms with Gasteiger partial charge in [-0.3, -0.25) is 0 Å². The highest BCUT2D eigenvalue weighted by Crippen LogP contribution is 2.15. The molecule has 0 fully saturated rings. The second-order valence-electron chi connectivity index (χ2n) is 4.02. The van der Waals surface area contributed by atoms with E-state index in [4.69, 9.17) is 5.73 Å². The van der Waals surface area contributed by atoms with Crippen LogP contribution in [-0.4, -0.2) is 20.8 Å². The van der Waals surface area contributed by atoms with Gasteiger partial charge in [-0.25, -0.2) is 9.67 Å². The summed E-state index contributed by atoms with van der Waals surface area (Å²) in [4.78, 5) is 4.47. The zero-order valence-electron chi connectivity index (χ0n) is 8.20. The van der Waals surface area contributed by atoms with Crippen LogP contribution in [0.25, 0.3) is 0 Å². The van der Waals surface area contributed by atoms with E-state index in [9.17, 15) is 0 Å². The van der Waals surface area contributed by atoms with Crippen LogP contribution in [0.1, 0.15) is 37.8 Å². The lowest BCUT2D eigenvalue weighted by Crippen LogP contribution is -2.31. The van der Waals surface area contributed by atoms with E-state index in [0.29, 0.717) is 5.92 Å². The molecular weight excluding hydrogens is 164 g/mol. The van der Waals surface area contributed by atoms with Crippen LogP contribution in [0.15, 0.2) is 0 Å². The van der Waals surface area contributed by atoms with E-state index in [0.717, 1.165) is 31.0 Å². The van der Waals surface area contributed by atoms with Crippen LogP contribution in [0.2, 0.25) is 0 Å². The van der Waals surface area contributed by atoms with Gasteiger partial charge in [0.2, 0.25) is 0 Å². The molecule has 0 spiro atoms. The van der Waals surface area contributed by atoms with Gasteiger partial charge in [-0.15, -0.1) is 0 Å². The Hall–Kier alpha value is -0.900. The van der Waals surface area contributed by atoms with Gasteiger partial charge in [0.15, 0.2) is 5.82 Å². The summed E-state index contributed by atoms with van der Waals surface area (Å²) >= 11 is 0. The molecular formula is C9H16N4. The number of aromatic nitrogens is 3. The van der Waals surface area contributed by atoms with E-state index in [1.807, 2.05) is 4.68 Å². The summed E-state index contributed by atoms with van der Waals surface area (Å²) in [6.45, 7) is 5.15. The van der Waals surface area contributed by atoms with Crippen LogP contribution < -0.4 is 5.73 Å². The normalized spacial score (nSPS) is 22.0. The molecule has 2 N–H and O–H groups in total. The summed E-state index contributed by atoms with van der Waals surface area (Å²) in [6.07, 6.45) is 1.90. The molecule has 1 aromatic rings. The van der Waals surface area contributed by atoms with Gasteiger partial charge >= 0.3 is 0 Å². The molecule has 0 aliphatic carbocycles. The third kappa shape index (κ3) is 1.58. The monoisotopic (exact) mass is 180 g/mol. The van der Waals surface area contributed by atoms with E-state index >= 15 is 0 Å². The van der Waals surface area contributed by atoms with Crippen LogP contribution in [0.5, 0.6) is 0 Å². The van der Waals surface area contributed by atoms with Gasteiger partial charge in [-0.1, -0.05) is 13.8 Å². The van der Waals surface area contributed by atoms with E-state index in [2.05, 4.69) is 23.9 Å². The highest BCUT2D eigenvalue weighted by Gasteiger charge is 2.19. The fraction of sp³-hybridized carbons (Fsp3) is 0.778. The lowest BCUT2D eigenvalue weighted by Gasteiger charge is -2.17. The zero-order valence-corrected chi connectivity index (χ0v) is 8.20. The van der Waals surface area contributed by atoms with E-state index in [1.54, 1.807) is 0 Å². The first-order valence-electron chi connectivity index (χ1n) is 4.86. The summed E-state index contributed by atoms with van der Waals surface area (Å²) < 4.78 is 2.00. The highest BCUT2D eigenvalue weighted by atomic mass is 15.4. The van der Waals surface area contributed by atoms with Gasteiger partial charge in [-0.2, -0.15) is 5.10 Å². The van der Waals surface area contributed by atoms with Gasteiger partial charge in [0, 0.05) is 24.9 Å². The Morgan fingerprint density at radius 3 is 3.00 bits per heavy atom. The summed E-state index contributed by atoms with van der Waals surface area (Å²) in [6, 6.07) is 0.275. The lowest BCUT2D eigenvalue weighted by atomic mass is 10.1. The molecule has 0 bridgehead atoms. The van der Waals surface area contributed by atoms with Gasteiger partial charge in [0.25, 0.3) is 0 Å². The molecule has 1 atom stereocenters. The molecule has 13 heavy (non-hydrogen) atoms. The molecule has 0 saturated carbocycles. The maximum atomic E-state index is 5.85. The predicted molar refractivity (Wildman–Crippen MR) is 50.4 cm³/mol. The molecule has 2 rings (SSSR count). The number of aryl methyl sites for hydroxylation is 1. The number of nitrogens with zero attached hydrogens (tertiary/aromatic N) is 3. The first-order chi connectivity index (χ1) is 6.16. The number of hydrogen-bond acceptors (Lipinski definition) is 3. The summed E-state index contributed by atoms with van der Waals surface area (Å²) in [5.74, 6) is 2.42. The number of nitrogens with two attached hydrogens (primary N) is 1. The van der Waals surface area contributed by atoms with E-state index in [1.165, 1.54) is 0 Å². The lowest BCUT2D eigenvalue weighted by molar-refractivity contribution is 0.431. The average molecular weight is 180 g/mol. The van der Waals surface area contributed by atoms with Crippen molar-refractivity contribution in [3.05, 3.63) is 11.6 Å². The molecule has 1 aliphatic rings. The Labute approximate surface area is 78.1 Å². The van der Waals surface area contributed by atoms with Crippen LogP contribution in [0, 0.1) is 0 Å². The molecule has 72 valence electrons. The molecule has 4 heteroatoms. The zero-order chi connectivity index (χ0) is 9.42. The van der Waals surface area contributed by atoms with Crippen molar-refractivity contribution < 1.29 is 0 Å². The van der Waals surface area contributed by atoms with Gasteiger partial charge < -0.3 is 5.73 Å². The minimum Gasteiger partial charge on any atom is -0.327 e. The number of rotatable bonds is 1. The smallest absolute Gasteiger partial charge is 0.153 e. The van der Waals surface area contributed by atoms with Crippen molar-refractivity contribution in [2.75, 3.05) is 0 Å². The second kappa shape index (κ2) is 3.10. The Balaban J connectivity index is 2.28. The van der Waals surface area contributed by atoms with Crippen molar-refractivity contribution in [3.8, 4) is 0 Å². The molecule has 1 aromatic heterocycles. The van der Waals surface area contributed by atoms with Gasteiger partial charge in [-0.05, 0) is 6.42 Å². The fourth-order valence-corrected chi connectivity index (χ4v) is 1.59. The number of fused-ring (bicyclic) bond motifs is 1. The van der Waals surface area contributed by atoms with Crippen LogP contribution in [-0.2, 0) is 13.0 Å². The molecule has 0 saturated heterocycles. The first kappa shape index (κ1) is 8.69. The maximum absolute atomic E-state index is 5.85. The molecule has 0 amide bonds. The maximum Gasteiger partial charge on any atom is 0.153 e. The Bertz CT molecular complexity index is 303. The van der Waals surface area contributed by atoms with Gasteiger partial charge in [0.05, 0.1) is 0 Å². The number of hydrogen-bond donors (Lipinski definition) is 1. The summed E-state index contributed by atoms with van der Waals surface area (Å²) in [5, 5.41) is 4.43. The van der Waals surface area contributed by atoms with Crippen LogP contribution in [0.4, 0.5) is 0 Å². The largest absolute Gasteiger partial charge is 0.327 e. The molecule has 0 radical (unpaired) electrons. The Morgan fingerprint density at radius 1 is 1.54 bits per heavy atom. The topological polar surface area (TPSA) is 56.7 Å². The fourth-order valence-electron chi connectivity index (χ4n) is 1.59. The van der Waals surface area contributed by atoms with Crippen molar-refractivity contribution >= 4 is 0 Å². The minimum atomic E-state index is 0.275. The first-order valence-corrected chi connectivity index (χ1v) is 4.86. The van der Waals surface area contributed by atoms with Crippen LogP contribution in [0.3, 0.4) is 0 Å². The summed E-state index contributed by atoms with van der Waals surface area (Å²) in [7, 11) is 0. The molecule has 4 nitrogen and oxygen atoms in total. The molecule has 1 unspecified atom stereocenters. The predicted octanol–water partition coefficient (Wildman–Crippen LogP) is 0.675. The quantitative estimate of drug-likeness (QED) is 0.691. The van der Waals surface area contributed by atoms with E-state index < -0.39 is 0 Å². The molecule has 2 heterocycles. The van der Waals surface area contributed by atoms with Crippen molar-refractivity contribution in [1.82, 2.24) is 14.8 Å². The van der Waals surface area contributed by atoms with Crippen LogP contribution >= 0.6 is 0 Å². The molecule has 0 aromatic carbocycles. The minimum absolute atomic E-state index is 0.275. The average Bonchev–Trinajstić information content (AvgIpc) is 2.46. The summed E-state index contributed by atoms with van der Waals surface area (Å²) in [5.41, 5.74) is 5.85. The molecule has 1 aliphatic heterocycles. The standard InChI is InChI=1S/C9H16N4/c1-6(2)9-11-8-5-7(10)3-4-13(8)12-9/h6-7H,3-5,10H2,1-2H3. The highest BCUT2D eigenvalue weighted by molar-refractivity contribution is 5.01. The van der Waals surface area contributed by atoms with E-state index in [-0.39, 0.29) is 6.04 Å².